The normalized spacial score (nSPS) is 16.9. The predicted octanol–water partition coefficient (Wildman–Crippen LogP) is 1.29. The molecule has 0 radical (unpaired) electrons. The van der Waals surface area contributed by atoms with Crippen LogP contribution in [-0.4, -0.2) is 29.6 Å². The first-order valence-electron chi connectivity index (χ1n) is 6.43. The highest BCUT2D eigenvalue weighted by molar-refractivity contribution is 5.95. The Bertz CT molecular complexity index is 450. The molecule has 0 atom stereocenters. The smallest absolute Gasteiger partial charge is 0.251 e. The Balaban J connectivity index is 2.04. The van der Waals surface area contributed by atoms with Crippen LogP contribution in [0, 0.1) is 0 Å². The van der Waals surface area contributed by atoms with Crippen LogP contribution in [0.2, 0.25) is 0 Å². The third-order valence-corrected chi connectivity index (χ3v) is 3.61. The van der Waals surface area contributed by atoms with Crippen molar-refractivity contribution in [2.45, 2.75) is 31.2 Å². The highest BCUT2D eigenvalue weighted by atomic mass is 16.3. The van der Waals surface area contributed by atoms with Gasteiger partial charge in [-0.1, -0.05) is 12.8 Å². The maximum atomic E-state index is 12.1. The molecule has 1 aliphatic carbocycles. The lowest BCUT2D eigenvalue weighted by Crippen LogP contribution is -2.49. The van der Waals surface area contributed by atoms with Crippen LogP contribution < -0.4 is 10.6 Å². The Morgan fingerprint density at radius 2 is 1.89 bits per heavy atom. The molecule has 3 N–H and O–H groups in total. The third-order valence-electron chi connectivity index (χ3n) is 3.61. The van der Waals surface area contributed by atoms with Crippen LogP contribution in [0.15, 0.2) is 24.3 Å². The Morgan fingerprint density at radius 1 is 1.26 bits per heavy atom. The van der Waals surface area contributed by atoms with E-state index >= 15 is 0 Å². The summed E-state index contributed by atoms with van der Waals surface area (Å²) in [5.41, 5.74) is 0.706. The first-order valence-corrected chi connectivity index (χ1v) is 6.43. The third kappa shape index (κ3) is 3.12. The van der Waals surface area contributed by atoms with Crippen molar-refractivity contribution in [2.75, 3.05) is 11.9 Å². The van der Waals surface area contributed by atoms with E-state index in [0.717, 1.165) is 25.7 Å². The van der Waals surface area contributed by atoms with Crippen molar-refractivity contribution >= 4 is 18.0 Å². The Labute approximate surface area is 112 Å². The molecule has 0 saturated heterocycles. The number of hydrogen-bond donors (Lipinski definition) is 3. The summed E-state index contributed by atoms with van der Waals surface area (Å²) in [5, 5.41) is 14.9. The Kier molecular flexibility index (Phi) is 4.16. The molecular formula is C14H18N2O3. The second-order valence-electron chi connectivity index (χ2n) is 4.94. The average molecular weight is 262 g/mol. The van der Waals surface area contributed by atoms with Gasteiger partial charge in [0.1, 0.15) is 0 Å². The van der Waals surface area contributed by atoms with E-state index in [1.165, 1.54) is 0 Å². The van der Waals surface area contributed by atoms with Crippen LogP contribution in [0.3, 0.4) is 0 Å². The standard InChI is InChI=1S/C14H18N2O3/c17-9-14(7-1-2-8-14)16-13(19)11-3-5-12(6-4-11)15-10-18/h3-6,10,17H,1-2,7-9H2,(H,15,18)(H,16,19). The minimum Gasteiger partial charge on any atom is -0.394 e. The molecule has 19 heavy (non-hydrogen) atoms. The van der Waals surface area contributed by atoms with E-state index in [0.29, 0.717) is 17.7 Å². The number of carbonyl (C=O) groups is 2. The number of anilines is 1. The van der Waals surface area contributed by atoms with Crippen LogP contribution in [0.1, 0.15) is 36.0 Å². The van der Waals surface area contributed by atoms with Crippen molar-refractivity contribution in [2.24, 2.45) is 0 Å². The number of aliphatic hydroxyl groups is 1. The monoisotopic (exact) mass is 262 g/mol. The summed E-state index contributed by atoms with van der Waals surface area (Å²) in [4.78, 5) is 22.4. The number of rotatable bonds is 5. The molecule has 0 unspecified atom stereocenters. The first-order chi connectivity index (χ1) is 9.19. The molecular weight excluding hydrogens is 244 g/mol. The maximum absolute atomic E-state index is 12.1. The highest BCUT2D eigenvalue weighted by Crippen LogP contribution is 2.29. The lowest BCUT2D eigenvalue weighted by Gasteiger charge is -2.28. The molecule has 1 aromatic rings. The van der Waals surface area contributed by atoms with Gasteiger partial charge in [0.25, 0.3) is 5.91 Å². The Morgan fingerprint density at radius 3 is 2.42 bits per heavy atom. The van der Waals surface area contributed by atoms with Crippen LogP contribution >= 0.6 is 0 Å². The largest absolute Gasteiger partial charge is 0.394 e. The van der Waals surface area contributed by atoms with E-state index in [1.54, 1.807) is 24.3 Å². The molecule has 1 fully saturated rings. The zero-order valence-corrected chi connectivity index (χ0v) is 10.7. The molecule has 0 bridgehead atoms. The summed E-state index contributed by atoms with van der Waals surface area (Å²) in [6, 6.07) is 6.65. The topological polar surface area (TPSA) is 78.4 Å². The number of carbonyl (C=O) groups excluding carboxylic acids is 2. The van der Waals surface area contributed by atoms with E-state index < -0.39 is 5.54 Å². The molecule has 5 nitrogen and oxygen atoms in total. The highest BCUT2D eigenvalue weighted by Gasteiger charge is 2.34. The molecule has 2 rings (SSSR count). The molecule has 0 spiro atoms. The van der Waals surface area contributed by atoms with Gasteiger partial charge in [0.15, 0.2) is 0 Å². The van der Waals surface area contributed by atoms with Crippen molar-refractivity contribution in [1.82, 2.24) is 5.32 Å². The van der Waals surface area contributed by atoms with Crippen LogP contribution in [0.5, 0.6) is 0 Å². The SMILES string of the molecule is O=CNc1ccc(C(=O)NC2(CO)CCCC2)cc1. The molecule has 5 heteroatoms. The van der Waals surface area contributed by atoms with Gasteiger partial charge in [-0.25, -0.2) is 0 Å². The van der Waals surface area contributed by atoms with Crippen LogP contribution in [-0.2, 0) is 4.79 Å². The lowest BCUT2D eigenvalue weighted by molar-refractivity contribution is -0.105. The predicted molar refractivity (Wildman–Crippen MR) is 71.9 cm³/mol. The fourth-order valence-corrected chi connectivity index (χ4v) is 2.47. The number of amides is 2. The van der Waals surface area contributed by atoms with Crippen LogP contribution in [0.25, 0.3) is 0 Å². The number of aliphatic hydroxyl groups excluding tert-OH is 1. The second kappa shape index (κ2) is 5.84. The van der Waals surface area contributed by atoms with Gasteiger partial charge in [0.05, 0.1) is 12.1 Å². The molecule has 0 aromatic heterocycles. The fourth-order valence-electron chi connectivity index (χ4n) is 2.47. The maximum Gasteiger partial charge on any atom is 0.251 e. The van der Waals surface area contributed by atoms with E-state index in [4.69, 9.17) is 0 Å². The average Bonchev–Trinajstić information content (AvgIpc) is 2.89. The van der Waals surface area contributed by atoms with Crippen molar-refractivity contribution in [1.29, 1.82) is 0 Å². The zero-order valence-electron chi connectivity index (χ0n) is 10.7. The van der Waals surface area contributed by atoms with Crippen molar-refractivity contribution in [3.63, 3.8) is 0 Å². The summed E-state index contributed by atoms with van der Waals surface area (Å²) in [5.74, 6) is -0.186. The van der Waals surface area contributed by atoms with Gasteiger partial charge in [-0.3, -0.25) is 9.59 Å². The van der Waals surface area contributed by atoms with E-state index in [-0.39, 0.29) is 12.5 Å². The summed E-state index contributed by atoms with van der Waals surface area (Å²) in [6.07, 6.45) is 4.29. The molecule has 1 aliphatic rings. The summed E-state index contributed by atoms with van der Waals surface area (Å²) < 4.78 is 0. The number of nitrogens with one attached hydrogen (secondary N) is 2. The van der Waals surface area contributed by atoms with E-state index in [9.17, 15) is 14.7 Å². The van der Waals surface area contributed by atoms with Gasteiger partial charge < -0.3 is 15.7 Å². The quantitative estimate of drug-likeness (QED) is 0.700. The molecule has 2 amide bonds. The molecule has 102 valence electrons. The number of hydrogen-bond acceptors (Lipinski definition) is 3. The van der Waals surface area contributed by atoms with Crippen molar-refractivity contribution in [3.05, 3.63) is 29.8 Å². The van der Waals surface area contributed by atoms with E-state index in [1.807, 2.05) is 0 Å². The van der Waals surface area contributed by atoms with Crippen molar-refractivity contribution < 1.29 is 14.7 Å². The molecule has 0 heterocycles. The first kappa shape index (κ1) is 13.5. The van der Waals surface area contributed by atoms with Gasteiger partial charge in [-0.2, -0.15) is 0 Å². The van der Waals surface area contributed by atoms with Gasteiger partial charge in [-0.05, 0) is 37.1 Å². The zero-order chi connectivity index (χ0) is 13.7. The molecule has 1 aromatic carbocycles. The minimum absolute atomic E-state index is 0.0243. The van der Waals surface area contributed by atoms with Gasteiger partial charge in [0.2, 0.25) is 6.41 Å². The van der Waals surface area contributed by atoms with E-state index in [2.05, 4.69) is 10.6 Å². The summed E-state index contributed by atoms with van der Waals surface area (Å²) in [6.45, 7) is -0.0243. The van der Waals surface area contributed by atoms with Gasteiger partial charge in [-0.15, -0.1) is 0 Å². The Hall–Kier alpha value is -1.88. The van der Waals surface area contributed by atoms with Gasteiger partial charge in [0, 0.05) is 11.3 Å². The molecule has 1 saturated carbocycles. The van der Waals surface area contributed by atoms with Crippen molar-refractivity contribution in [3.8, 4) is 0 Å². The minimum atomic E-state index is -0.462. The second-order valence-corrected chi connectivity index (χ2v) is 4.94. The molecule has 0 aliphatic heterocycles. The van der Waals surface area contributed by atoms with Gasteiger partial charge >= 0.3 is 0 Å². The lowest BCUT2D eigenvalue weighted by atomic mass is 9.98. The summed E-state index contributed by atoms with van der Waals surface area (Å²) >= 11 is 0. The summed E-state index contributed by atoms with van der Waals surface area (Å²) in [7, 11) is 0. The number of benzene rings is 1. The fraction of sp³-hybridized carbons (Fsp3) is 0.429. The van der Waals surface area contributed by atoms with Crippen LogP contribution in [0.4, 0.5) is 5.69 Å².